The standard InChI is InChI=1S/C18H25BrFNO3S/c1-5-7-15(18(23)24-10-11(3)4)25-16-9-14(21-17(22)6-2)13(20)8-12(16)19/h8-9,11,15H,5-7,10H2,1-4H3,(H,21,22). The molecule has 1 aromatic carbocycles. The van der Waals surface area contributed by atoms with Crippen LogP contribution in [-0.4, -0.2) is 23.7 Å². The van der Waals surface area contributed by atoms with Crippen LogP contribution in [0.1, 0.15) is 47.0 Å². The maximum absolute atomic E-state index is 14.0. The zero-order valence-electron chi connectivity index (χ0n) is 15.0. The summed E-state index contributed by atoms with van der Waals surface area (Å²) in [6.45, 7) is 8.03. The van der Waals surface area contributed by atoms with Crippen molar-refractivity contribution >= 4 is 45.3 Å². The lowest BCUT2D eigenvalue weighted by Gasteiger charge is -2.17. The number of amides is 1. The van der Waals surface area contributed by atoms with Gasteiger partial charge in [-0.2, -0.15) is 0 Å². The number of carbonyl (C=O) groups is 2. The van der Waals surface area contributed by atoms with Crippen molar-refractivity contribution in [2.24, 2.45) is 5.92 Å². The van der Waals surface area contributed by atoms with Crippen molar-refractivity contribution in [3.05, 3.63) is 22.4 Å². The van der Waals surface area contributed by atoms with E-state index in [0.29, 0.717) is 22.4 Å². The Kier molecular flexibility index (Phi) is 9.50. The normalized spacial score (nSPS) is 12.1. The number of ether oxygens (including phenoxy) is 1. The zero-order chi connectivity index (χ0) is 19.0. The van der Waals surface area contributed by atoms with Gasteiger partial charge in [-0.25, -0.2) is 4.39 Å². The van der Waals surface area contributed by atoms with Crippen LogP contribution in [0.3, 0.4) is 0 Å². The highest BCUT2D eigenvalue weighted by molar-refractivity contribution is 9.10. The van der Waals surface area contributed by atoms with Crippen LogP contribution in [0.25, 0.3) is 0 Å². The van der Waals surface area contributed by atoms with Gasteiger partial charge in [-0.15, -0.1) is 11.8 Å². The van der Waals surface area contributed by atoms with Crippen LogP contribution in [-0.2, 0) is 14.3 Å². The molecule has 0 aliphatic carbocycles. The third-order valence-electron chi connectivity index (χ3n) is 3.26. The average molecular weight is 434 g/mol. The van der Waals surface area contributed by atoms with Gasteiger partial charge in [0.05, 0.1) is 12.3 Å². The molecule has 4 nitrogen and oxygen atoms in total. The first-order valence-corrected chi connectivity index (χ1v) is 10.1. The molecule has 0 aromatic heterocycles. The Labute approximate surface area is 161 Å². The van der Waals surface area contributed by atoms with Gasteiger partial charge in [0.1, 0.15) is 11.1 Å². The third kappa shape index (κ3) is 7.36. The van der Waals surface area contributed by atoms with Crippen LogP contribution < -0.4 is 5.32 Å². The summed E-state index contributed by atoms with van der Waals surface area (Å²) in [6.07, 6.45) is 1.74. The summed E-state index contributed by atoms with van der Waals surface area (Å²) in [4.78, 5) is 24.6. The van der Waals surface area contributed by atoms with E-state index in [0.717, 1.165) is 6.42 Å². The lowest BCUT2D eigenvalue weighted by atomic mass is 10.2. The van der Waals surface area contributed by atoms with Gasteiger partial charge in [-0.3, -0.25) is 9.59 Å². The summed E-state index contributed by atoms with van der Waals surface area (Å²) >= 11 is 4.65. The number of esters is 1. The van der Waals surface area contributed by atoms with Crippen molar-refractivity contribution in [1.29, 1.82) is 0 Å². The Morgan fingerprint density at radius 3 is 2.56 bits per heavy atom. The van der Waals surface area contributed by atoms with Crippen molar-refractivity contribution in [1.82, 2.24) is 0 Å². The van der Waals surface area contributed by atoms with Crippen LogP contribution in [0.4, 0.5) is 10.1 Å². The van der Waals surface area contributed by atoms with Gasteiger partial charge >= 0.3 is 5.97 Å². The minimum atomic E-state index is -0.521. The molecular weight excluding hydrogens is 409 g/mol. The van der Waals surface area contributed by atoms with Crippen LogP contribution in [0.5, 0.6) is 0 Å². The van der Waals surface area contributed by atoms with E-state index in [1.165, 1.54) is 17.8 Å². The van der Waals surface area contributed by atoms with Gasteiger partial charge in [0, 0.05) is 15.8 Å². The predicted octanol–water partition coefficient (Wildman–Crippen LogP) is 5.40. The molecule has 0 saturated carbocycles. The van der Waals surface area contributed by atoms with Crippen LogP contribution >= 0.6 is 27.7 Å². The average Bonchev–Trinajstić information content (AvgIpc) is 2.55. The summed E-state index contributed by atoms with van der Waals surface area (Å²) in [6, 6.07) is 2.85. The Morgan fingerprint density at radius 1 is 1.32 bits per heavy atom. The van der Waals surface area contributed by atoms with Crippen LogP contribution in [0.2, 0.25) is 0 Å². The Bertz CT molecular complexity index is 610. The third-order valence-corrected chi connectivity index (χ3v) is 5.48. The minimum absolute atomic E-state index is 0.114. The molecule has 140 valence electrons. The van der Waals surface area contributed by atoms with E-state index in [1.807, 2.05) is 20.8 Å². The van der Waals surface area contributed by atoms with Gasteiger partial charge < -0.3 is 10.1 Å². The number of thioether (sulfide) groups is 1. The monoisotopic (exact) mass is 433 g/mol. The molecule has 0 spiro atoms. The molecule has 7 heteroatoms. The summed E-state index contributed by atoms with van der Waals surface area (Å²) < 4.78 is 19.9. The van der Waals surface area contributed by atoms with E-state index >= 15 is 0 Å². The molecule has 0 fully saturated rings. The summed E-state index contributed by atoms with van der Waals surface area (Å²) in [5, 5.41) is 2.16. The number of benzene rings is 1. The molecule has 1 aromatic rings. The number of carbonyl (C=O) groups excluding carboxylic acids is 2. The number of anilines is 1. The number of hydrogen-bond donors (Lipinski definition) is 1. The van der Waals surface area contributed by atoms with E-state index < -0.39 is 5.82 Å². The van der Waals surface area contributed by atoms with E-state index in [-0.39, 0.29) is 35.2 Å². The molecule has 0 heterocycles. The van der Waals surface area contributed by atoms with Gasteiger partial charge in [0.2, 0.25) is 5.91 Å². The van der Waals surface area contributed by atoms with E-state index in [9.17, 15) is 14.0 Å². The second kappa shape index (κ2) is 10.8. The molecule has 1 unspecified atom stereocenters. The fourth-order valence-electron chi connectivity index (χ4n) is 1.94. The van der Waals surface area contributed by atoms with Crippen molar-refractivity contribution < 1.29 is 18.7 Å². The zero-order valence-corrected chi connectivity index (χ0v) is 17.4. The Hall–Kier alpha value is -1.08. The van der Waals surface area contributed by atoms with E-state index in [1.54, 1.807) is 13.0 Å². The smallest absolute Gasteiger partial charge is 0.319 e. The first-order chi connectivity index (χ1) is 11.8. The fraction of sp³-hybridized carbons (Fsp3) is 0.556. The summed E-state index contributed by atoms with van der Waals surface area (Å²) in [7, 11) is 0. The molecule has 1 N–H and O–H groups in total. The maximum atomic E-state index is 14.0. The SMILES string of the molecule is CCCC(Sc1cc(NC(=O)CC)c(F)cc1Br)C(=O)OCC(C)C. The van der Waals surface area contributed by atoms with Gasteiger partial charge in [0.15, 0.2) is 0 Å². The molecule has 1 atom stereocenters. The first kappa shape index (κ1) is 22.0. The van der Waals surface area contributed by atoms with Gasteiger partial charge in [-0.05, 0) is 40.4 Å². The highest BCUT2D eigenvalue weighted by Crippen LogP contribution is 2.36. The molecule has 0 aliphatic heterocycles. The fourth-order valence-corrected chi connectivity index (χ4v) is 3.71. The number of halogens is 2. The van der Waals surface area contributed by atoms with Crippen LogP contribution in [0, 0.1) is 11.7 Å². The quantitative estimate of drug-likeness (QED) is 0.418. The molecule has 0 saturated heterocycles. The number of nitrogens with one attached hydrogen (secondary N) is 1. The summed E-state index contributed by atoms with van der Waals surface area (Å²) in [5.74, 6) is -0.786. The van der Waals surface area contributed by atoms with Gasteiger partial charge in [-0.1, -0.05) is 34.1 Å². The highest BCUT2D eigenvalue weighted by Gasteiger charge is 2.23. The van der Waals surface area contributed by atoms with Crippen molar-refractivity contribution in [2.75, 3.05) is 11.9 Å². The second-order valence-electron chi connectivity index (χ2n) is 6.08. The molecular formula is C18H25BrFNO3S. The Balaban J connectivity index is 2.97. The minimum Gasteiger partial charge on any atom is -0.465 e. The molecule has 25 heavy (non-hydrogen) atoms. The number of hydrogen-bond acceptors (Lipinski definition) is 4. The summed E-state index contributed by atoms with van der Waals surface area (Å²) in [5.41, 5.74) is 0.114. The van der Waals surface area contributed by atoms with Crippen molar-refractivity contribution in [3.63, 3.8) is 0 Å². The van der Waals surface area contributed by atoms with Gasteiger partial charge in [0.25, 0.3) is 0 Å². The maximum Gasteiger partial charge on any atom is 0.319 e. The topological polar surface area (TPSA) is 55.4 Å². The molecule has 0 bridgehead atoms. The van der Waals surface area contributed by atoms with Crippen molar-refractivity contribution in [3.8, 4) is 0 Å². The second-order valence-corrected chi connectivity index (χ2v) is 8.18. The Morgan fingerprint density at radius 2 is 2.00 bits per heavy atom. The van der Waals surface area contributed by atoms with Crippen molar-refractivity contribution in [2.45, 2.75) is 57.1 Å². The van der Waals surface area contributed by atoms with E-state index in [2.05, 4.69) is 21.2 Å². The molecule has 0 radical (unpaired) electrons. The molecule has 1 amide bonds. The van der Waals surface area contributed by atoms with E-state index in [4.69, 9.17) is 4.74 Å². The molecule has 1 rings (SSSR count). The van der Waals surface area contributed by atoms with Crippen LogP contribution in [0.15, 0.2) is 21.5 Å². The largest absolute Gasteiger partial charge is 0.465 e. The lowest BCUT2D eigenvalue weighted by Crippen LogP contribution is -2.22. The molecule has 0 aliphatic rings. The predicted molar refractivity (Wildman–Crippen MR) is 103 cm³/mol. The first-order valence-electron chi connectivity index (χ1n) is 8.40. The number of rotatable bonds is 9. The lowest BCUT2D eigenvalue weighted by molar-refractivity contribution is -0.144. The highest BCUT2D eigenvalue weighted by atomic mass is 79.9.